The van der Waals surface area contributed by atoms with E-state index < -0.39 is 0 Å². The van der Waals surface area contributed by atoms with Crippen molar-refractivity contribution in [3.05, 3.63) is 53.1 Å². The second kappa shape index (κ2) is 6.99. The minimum atomic E-state index is -0.154. The molecule has 2 N–H and O–H groups in total. The van der Waals surface area contributed by atoms with Crippen molar-refractivity contribution in [3.63, 3.8) is 0 Å². The summed E-state index contributed by atoms with van der Waals surface area (Å²) in [5.41, 5.74) is 2.52. The van der Waals surface area contributed by atoms with Gasteiger partial charge in [0.25, 0.3) is 0 Å². The maximum atomic E-state index is 11.9. The van der Waals surface area contributed by atoms with Crippen molar-refractivity contribution in [2.75, 3.05) is 24.3 Å². The lowest BCUT2D eigenvalue weighted by molar-refractivity contribution is -0.114. The molecule has 2 aromatic rings. The Morgan fingerprint density at radius 2 is 1.95 bits per heavy atom. The molecule has 4 nitrogen and oxygen atoms in total. The number of methoxy groups -OCH3 is 1. The van der Waals surface area contributed by atoms with Gasteiger partial charge in [-0.15, -0.1) is 0 Å². The fourth-order valence-corrected chi connectivity index (χ4v) is 2.08. The molecule has 21 heavy (non-hydrogen) atoms. The Kier molecular flexibility index (Phi) is 5.06. The molecule has 0 aliphatic carbocycles. The predicted molar refractivity (Wildman–Crippen MR) is 86.3 cm³/mol. The summed E-state index contributed by atoms with van der Waals surface area (Å²) in [5.74, 6) is 0.636. The highest BCUT2D eigenvalue weighted by Gasteiger charge is 2.06. The van der Waals surface area contributed by atoms with Gasteiger partial charge in [0, 0.05) is 5.69 Å². The van der Waals surface area contributed by atoms with Gasteiger partial charge in [0.05, 0.1) is 24.4 Å². The molecule has 2 rings (SSSR count). The average molecular weight is 305 g/mol. The number of anilines is 2. The summed E-state index contributed by atoms with van der Waals surface area (Å²) in [4.78, 5) is 11.9. The van der Waals surface area contributed by atoms with Gasteiger partial charge in [0.1, 0.15) is 5.75 Å². The van der Waals surface area contributed by atoms with Crippen molar-refractivity contribution in [3.8, 4) is 5.75 Å². The zero-order valence-electron chi connectivity index (χ0n) is 11.9. The molecule has 0 aliphatic heterocycles. The van der Waals surface area contributed by atoms with Crippen LogP contribution in [-0.2, 0) is 4.79 Å². The molecule has 0 atom stereocenters. The van der Waals surface area contributed by atoms with Gasteiger partial charge in [-0.3, -0.25) is 4.79 Å². The Balaban J connectivity index is 1.94. The highest BCUT2D eigenvalue weighted by atomic mass is 35.5. The number of para-hydroxylation sites is 1. The molecule has 2 aromatic carbocycles. The number of carbonyl (C=O) groups is 1. The second-order valence-corrected chi connectivity index (χ2v) is 4.97. The minimum absolute atomic E-state index is 0.154. The summed E-state index contributed by atoms with van der Waals surface area (Å²) in [6, 6.07) is 12.8. The van der Waals surface area contributed by atoms with Crippen molar-refractivity contribution in [1.29, 1.82) is 0 Å². The van der Waals surface area contributed by atoms with Crippen LogP contribution in [0, 0.1) is 6.92 Å². The third kappa shape index (κ3) is 4.13. The number of nitrogens with one attached hydrogen (secondary N) is 2. The van der Waals surface area contributed by atoms with Gasteiger partial charge >= 0.3 is 0 Å². The molecular weight excluding hydrogens is 288 g/mol. The Hall–Kier alpha value is -2.20. The topological polar surface area (TPSA) is 50.4 Å². The molecule has 0 aromatic heterocycles. The molecule has 0 fully saturated rings. The number of hydrogen-bond acceptors (Lipinski definition) is 3. The Morgan fingerprint density at radius 1 is 1.19 bits per heavy atom. The van der Waals surface area contributed by atoms with Crippen molar-refractivity contribution in [2.24, 2.45) is 0 Å². The Labute approximate surface area is 129 Å². The van der Waals surface area contributed by atoms with E-state index in [1.54, 1.807) is 19.2 Å². The standard InChI is InChI=1S/C16H17ClN2O2/c1-11-9-12(21-2)7-8-14(11)18-10-16(20)19-15-6-4-3-5-13(15)17/h3-9,18H,10H2,1-2H3,(H,19,20). The van der Waals surface area contributed by atoms with E-state index in [2.05, 4.69) is 10.6 Å². The van der Waals surface area contributed by atoms with Crippen LogP contribution in [0.5, 0.6) is 5.75 Å². The highest BCUT2D eigenvalue weighted by Crippen LogP contribution is 2.22. The summed E-state index contributed by atoms with van der Waals surface area (Å²) in [5, 5.41) is 6.38. The van der Waals surface area contributed by atoms with Crippen LogP contribution in [0.15, 0.2) is 42.5 Å². The average Bonchev–Trinajstić information content (AvgIpc) is 2.48. The minimum Gasteiger partial charge on any atom is -0.497 e. The van der Waals surface area contributed by atoms with Gasteiger partial charge in [-0.25, -0.2) is 0 Å². The van der Waals surface area contributed by atoms with E-state index >= 15 is 0 Å². The van der Waals surface area contributed by atoms with E-state index in [0.29, 0.717) is 10.7 Å². The molecule has 0 spiro atoms. The SMILES string of the molecule is COc1ccc(NCC(=O)Nc2ccccc2Cl)c(C)c1. The van der Waals surface area contributed by atoms with Gasteiger partial charge in [-0.2, -0.15) is 0 Å². The molecule has 0 unspecified atom stereocenters. The number of halogens is 1. The van der Waals surface area contributed by atoms with Crippen LogP contribution in [0.1, 0.15) is 5.56 Å². The van der Waals surface area contributed by atoms with Crippen molar-refractivity contribution >= 4 is 28.9 Å². The molecule has 110 valence electrons. The molecular formula is C16H17ClN2O2. The van der Waals surface area contributed by atoms with E-state index in [0.717, 1.165) is 17.0 Å². The molecule has 0 radical (unpaired) electrons. The fourth-order valence-electron chi connectivity index (χ4n) is 1.89. The van der Waals surface area contributed by atoms with Crippen molar-refractivity contribution in [1.82, 2.24) is 0 Å². The van der Waals surface area contributed by atoms with E-state index in [4.69, 9.17) is 16.3 Å². The van der Waals surface area contributed by atoms with E-state index in [1.807, 2.05) is 37.3 Å². The number of ether oxygens (including phenoxy) is 1. The Morgan fingerprint density at radius 3 is 2.62 bits per heavy atom. The maximum absolute atomic E-state index is 11.9. The van der Waals surface area contributed by atoms with Gasteiger partial charge in [-0.1, -0.05) is 23.7 Å². The number of benzene rings is 2. The van der Waals surface area contributed by atoms with Gasteiger partial charge in [-0.05, 0) is 42.8 Å². The van der Waals surface area contributed by atoms with Crippen LogP contribution >= 0.6 is 11.6 Å². The van der Waals surface area contributed by atoms with E-state index in [1.165, 1.54) is 0 Å². The first-order chi connectivity index (χ1) is 10.1. The molecule has 1 amide bonds. The van der Waals surface area contributed by atoms with Gasteiger partial charge in [0.15, 0.2) is 0 Å². The van der Waals surface area contributed by atoms with Crippen LogP contribution in [0.3, 0.4) is 0 Å². The number of carbonyl (C=O) groups excluding carboxylic acids is 1. The van der Waals surface area contributed by atoms with Crippen LogP contribution in [0.2, 0.25) is 5.02 Å². The third-order valence-electron chi connectivity index (χ3n) is 3.02. The largest absolute Gasteiger partial charge is 0.497 e. The Bertz CT molecular complexity index is 644. The molecule has 0 heterocycles. The van der Waals surface area contributed by atoms with Gasteiger partial charge in [0.2, 0.25) is 5.91 Å². The number of rotatable bonds is 5. The van der Waals surface area contributed by atoms with Crippen LogP contribution < -0.4 is 15.4 Å². The monoisotopic (exact) mass is 304 g/mol. The summed E-state index contributed by atoms with van der Waals surface area (Å²) in [6.07, 6.45) is 0. The molecule has 5 heteroatoms. The lowest BCUT2D eigenvalue weighted by Crippen LogP contribution is -2.22. The van der Waals surface area contributed by atoms with Crippen molar-refractivity contribution < 1.29 is 9.53 Å². The summed E-state index contributed by atoms with van der Waals surface area (Å²) in [7, 11) is 1.62. The smallest absolute Gasteiger partial charge is 0.243 e. The zero-order chi connectivity index (χ0) is 15.2. The summed E-state index contributed by atoms with van der Waals surface area (Å²) in [6.45, 7) is 2.12. The number of amides is 1. The van der Waals surface area contributed by atoms with Gasteiger partial charge < -0.3 is 15.4 Å². The molecule has 0 bridgehead atoms. The first-order valence-corrected chi connectivity index (χ1v) is 6.91. The zero-order valence-corrected chi connectivity index (χ0v) is 12.7. The molecule has 0 aliphatic rings. The number of hydrogen-bond donors (Lipinski definition) is 2. The maximum Gasteiger partial charge on any atom is 0.243 e. The first-order valence-electron chi connectivity index (χ1n) is 6.53. The van der Waals surface area contributed by atoms with E-state index in [9.17, 15) is 4.79 Å². The lowest BCUT2D eigenvalue weighted by atomic mass is 10.2. The highest BCUT2D eigenvalue weighted by molar-refractivity contribution is 6.33. The summed E-state index contributed by atoms with van der Waals surface area (Å²) >= 11 is 6.00. The van der Waals surface area contributed by atoms with Crippen LogP contribution in [0.25, 0.3) is 0 Å². The van der Waals surface area contributed by atoms with Crippen LogP contribution in [0.4, 0.5) is 11.4 Å². The van der Waals surface area contributed by atoms with Crippen LogP contribution in [-0.4, -0.2) is 19.6 Å². The second-order valence-electron chi connectivity index (χ2n) is 4.56. The quantitative estimate of drug-likeness (QED) is 0.885. The lowest BCUT2D eigenvalue weighted by Gasteiger charge is -2.11. The number of aryl methyl sites for hydroxylation is 1. The molecule has 0 saturated carbocycles. The van der Waals surface area contributed by atoms with E-state index in [-0.39, 0.29) is 12.5 Å². The molecule has 0 saturated heterocycles. The summed E-state index contributed by atoms with van der Waals surface area (Å²) < 4.78 is 5.15. The normalized spacial score (nSPS) is 10.0. The predicted octanol–water partition coefficient (Wildman–Crippen LogP) is 3.71. The van der Waals surface area contributed by atoms with Crippen molar-refractivity contribution in [2.45, 2.75) is 6.92 Å². The fraction of sp³-hybridized carbons (Fsp3) is 0.188. The third-order valence-corrected chi connectivity index (χ3v) is 3.35. The first kappa shape index (κ1) is 15.2.